The van der Waals surface area contributed by atoms with Crippen molar-refractivity contribution in [2.24, 2.45) is 0 Å². The Labute approximate surface area is 140 Å². The van der Waals surface area contributed by atoms with Crippen LogP contribution in [0.4, 0.5) is 5.69 Å². The van der Waals surface area contributed by atoms with Gasteiger partial charge < -0.3 is 10.6 Å². The largest absolute Gasteiger partial charge is 0.399 e. The topological polar surface area (TPSA) is 59.2 Å². The average Bonchev–Trinajstić information content (AvgIpc) is 2.85. The van der Waals surface area contributed by atoms with Crippen LogP contribution < -0.4 is 5.73 Å². The summed E-state index contributed by atoms with van der Waals surface area (Å²) in [6.07, 6.45) is 0.369. The third-order valence-corrected chi connectivity index (χ3v) is 5.66. The van der Waals surface area contributed by atoms with Gasteiger partial charge in [-0.1, -0.05) is 0 Å². The highest BCUT2D eigenvalue weighted by molar-refractivity contribution is 9.10. The molecule has 1 aromatic carbocycles. The minimum Gasteiger partial charge on any atom is -0.399 e. The second-order valence-electron chi connectivity index (χ2n) is 4.68. The quantitative estimate of drug-likeness (QED) is 0.632. The molecule has 2 N–H and O–H groups in total. The van der Waals surface area contributed by atoms with Crippen LogP contribution in [0.2, 0.25) is 0 Å². The molecule has 1 heterocycles. The van der Waals surface area contributed by atoms with E-state index in [9.17, 15) is 4.79 Å². The van der Waals surface area contributed by atoms with Crippen LogP contribution in [0.25, 0.3) is 0 Å². The van der Waals surface area contributed by atoms with Crippen molar-refractivity contribution in [2.45, 2.75) is 17.1 Å². The smallest absolute Gasteiger partial charge is 0.228 e. The van der Waals surface area contributed by atoms with E-state index in [0.717, 1.165) is 31.5 Å². The van der Waals surface area contributed by atoms with Crippen molar-refractivity contribution in [2.75, 3.05) is 19.8 Å². The molecule has 21 heavy (non-hydrogen) atoms. The highest BCUT2D eigenvalue weighted by Gasteiger charge is 2.10. The number of amides is 1. The molecule has 2 aromatic rings. The minimum atomic E-state index is 0.0739. The lowest BCUT2D eigenvalue weighted by atomic mass is 10.3. The van der Waals surface area contributed by atoms with E-state index in [0.29, 0.717) is 6.42 Å². The fourth-order valence-electron chi connectivity index (χ4n) is 1.57. The van der Waals surface area contributed by atoms with Crippen molar-refractivity contribution in [3.8, 4) is 0 Å². The molecule has 1 aromatic heterocycles. The summed E-state index contributed by atoms with van der Waals surface area (Å²) in [5, 5.41) is 2.87. The number of rotatable bonds is 5. The van der Waals surface area contributed by atoms with Crippen LogP contribution in [0, 0.1) is 0 Å². The number of thioether (sulfide) groups is 1. The second-order valence-corrected chi connectivity index (χ2v) is 7.49. The van der Waals surface area contributed by atoms with Crippen LogP contribution in [-0.4, -0.2) is 29.9 Å². The zero-order valence-corrected chi connectivity index (χ0v) is 15.0. The first-order valence-corrected chi connectivity index (χ1v) is 8.93. The van der Waals surface area contributed by atoms with Crippen molar-refractivity contribution in [3.05, 3.63) is 38.8 Å². The van der Waals surface area contributed by atoms with Gasteiger partial charge in [-0.3, -0.25) is 4.79 Å². The Kier molecular flexibility index (Phi) is 5.66. The number of carbonyl (C=O) groups excluding carboxylic acids is 1. The van der Waals surface area contributed by atoms with Crippen molar-refractivity contribution >= 4 is 50.6 Å². The number of thiazole rings is 1. The first-order chi connectivity index (χ1) is 9.95. The molecular formula is C14H16BrN3OS2. The molecule has 0 fully saturated rings. The number of nitrogen functional groups attached to an aromatic ring is 1. The molecule has 1 amide bonds. The van der Waals surface area contributed by atoms with Crippen LogP contribution in [0.5, 0.6) is 0 Å². The Morgan fingerprint density at radius 1 is 1.48 bits per heavy atom. The predicted molar refractivity (Wildman–Crippen MR) is 92.6 cm³/mol. The summed E-state index contributed by atoms with van der Waals surface area (Å²) < 4.78 is 0.991. The van der Waals surface area contributed by atoms with Gasteiger partial charge in [0, 0.05) is 40.3 Å². The monoisotopic (exact) mass is 385 g/mol. The van der Waals surface area contributed by atoms with Crippen LogP contribution in [-0.2, 0) is 17.0 Å². The average molecular weight is 386 g/mol. The van der Waals surface area contributed by atoms with Gasteiger partial charge in [0.1, 0.15) is 5.01 Å². The molecule has 0 radical (unpaired) electrons. The third kappa shape index (κ3) is 4.72. The van der Waals surface area contributed by atoms with Crippen LogP contribution >= 0.6 is 39.0 Å². The van der Waals surface area contributed by atoms with Crippen LogP contribution in [0.15, 0.2) is 32.9 Å². The van der Waals surface area contributed by atoms with E-state index in [1.807, 2.05) is 23.6 Å². The Bertz CT molecular complexity index is 643. The predicted octanol–water partition coefficient (Wildman–Crippen LogP) is 3.41. The van der Waals surface area contributed by atoms with E-state index in [-0.39, 0.29) is 5.91 Å². The lowest BCUT2D eigenvalue weighted by Crippen LogP contribution is -2.23. The van der Waals surface area contributed by atoms with Gasteiger partial charge in [0.05, 0.1) is 12.1 Å². The molecule has 0 saturated heterocycles. The Morgan fingerprint density at radius 2 is 2.24 bits per heavy atom. The Balaban J connectivity index is 1.95. The fraction of sp³-hybridized carbons (Fsp3) is 0.286. The van der Waals surface area contributed by atoms with Crippen molar-refractivity contribution in [1.29, 1.82) is 0 Å². The van der Waals surface area contributed by atoms with E-state index in [4.69, 9.17) is 5.73 Å². The van der Waals surface area contributed by atoms with Gasteiger partial charge in [-0.2, -0.15) is 0 Å². The van der Waals surface area contributed by atoms with Crippen molar-refractivity contribution in [1.82, 2.24) is 9.88 Å². The molecular weight excluding hydrogens is 370 g/mol. The third-order valence-electron chi connectivity index (χ3n) is 2.73. The van der Waals surface area contributed by atoms with Crippen LogP contribution in [0.3, 0.4) is 0 Å². The van der Waals surface area contributed by atoms with Gasteiger partial charge in [0.25, 0.3) is 0 Å². The normalized spacial score (nSPS) is 10.6. The maximum Gasteiger partial charge on any atom is 0.228 e. The fourth-order valence-corrected chi connectivity index (χ4v) is 4.01. The number of hydrogen-bond acceptors (Lipinski definition) is 5. The summed E-state index contributed by atoms with van der Waals surface area (Å²) in [6.45, 7) is 0. The first kappa shape index (κ1) is 16.3. The number of halogens is 1. The molecule has 0 atom stereocenters. The molecule has 0 aliphatic carbocycles. The van der Waals surface area contributed by atoms with E-state index >= 15 is 0 Å². The number of hydrogen-bond donors (Lipinski definition) is 1. The molecule has 0 unspecified atom stereocenters. The number of carbonyl (C=O) groups is 1. The van der Waals surface area contributed by atoms with E-state index in [1.54, 1.807) is 30.8 Å². The summed E-state index contributed by atoms with van der Waals surface area (Å²) in [5.41, 5.74) is 7.46. The lowest BCUT2D eigenvalue weighted by Gasteiger charge is -2.07. The van der Waals surface area contributed by atoms with Gasteiger partial charge in [0.15, 0.2) is 0 Å². The zero-order chi connectivity index (χ0) is 15.4. The first-order valence-electron chi connectivity index (χ1n) is 6.27. The van der Waals surface area contributed by atoms with Crippen molar-refractivity contribution in [3.63, 3.8) is 0 Å². The number of anilines is 1. The molecule has 2 rings (SSSR count). The van der Waals surface area contributed by atoms with E-state index < -0.39 is 0 Å². The molecule has 0 spiro atoms. The maximum atomic E-state index is 11.6. The Morgan fingerprint density at radius 3 is 2.90 bits per heavy atom. The molecule has 0 aliphatic rings. The molecule has 7 heteroatoms. The zero-order valence-electron chi connectivity index (χ0n) is 11.8. The second kappa shape index (κ2) is 7.29. The number of nitrogens with zero attached hydrogens (tertiary/aromatic N) is 2. The number of benzene rings is 1. The van der Waals surface area contributed by atoms with E-state index in [1.165, 1.54) is 11.3 Å². The summed E-state index contributed by atoms with van der Waals surface area (Å²) in [6, 6.07) is 5.77. The number of nitrogens with two attached hydrogens (primary N) is 1. The van der Waals surface area contributed by atoms with Gasteiger partial charge >= 0.3 is 0 Å². The highest BCUT2D eigenvalue weighted by Crippen LogP contribution is 2.31. The summed E-state index contributed by atoms with van der Waals surface area (Å²) in [5.74, 6) is 0.847. The van der Waals surface area contributed by atoms with Crippen LogP contribution in [0.1, 0.15) is 10.7 Å². The van der Waals surface area contributed by atoms with E-state index in [2.05, 4.69) is 20.9 Å². The SMILES string of the molecule is CN(C)C(=O)Cc1nc(CSc2ccc(N)cc2Br)cs1. The highest BCUT2D eigenvalue weighted by atomic mass is 79.9. The number of aromatic nitrogens is 1. The minimum absolute atomic E-state index is 0.0739. The van der Waals surface area contributed by atoms with Gasteiger partial charge in [-0.05, 0) is 34.1 Å². The van der Waals surface area contributed by atoms with Gasteiger partial charge in [-0.25, -0.2) is 4.98 Å². The summed E-state index contributed by atoms with van der Waals surface area (Å²) in [7, 11) is 3.51. The van der Waals surface area contributed by atoms with Gasteiger partial charge in [-0.15, -0.1) is 23.1 Å². The maximum absolute atomic E-state index is 11.6. The summed E-state index contributed by atoms with van der Waals surface area (Å²) in [4.78, 5) is 18.9. The molecule has 0 bridgehead atoms. The lowest BCUT2D eigenvalue weighted by molar-refractivity contribution is -0.127. The summed E-state index contributed by atoms with van der Waals surface area (Å²) >= 11 is 6.73. The molecule has 0 saturated carbocycles. The number of likely N-dealkylation sites (N-methyl/N-ethyl adjacent to an activating group) is 1. The Hall–Kier alpha value is -1.05. The van der Waals surface area contributed by atoms with Crippen molar-refractivity contribution < 1.29 is 4.79 Å². The van der Waals surface area contributed by atoms with Gasteiger partial charge in [0.2, 0.25) is 5.91 Å². The molecule has 112 valence electrons. The molecule has 0 aliphatic heterocycles. The standard InChI is InChI=1S/C14H16BrN3OS2/c1-18(2)14(19)6-13-17-10(8-21-13)7-20-12-4-3-9(16)5-11(12)15/h3-5,8H,6-7,16H2,1-2H3. The molecule has 4 nitrogen and oxygen atoms in total.